The molecule has 20 heteroatoms. The Morgan fingerprint density at radius 1 is 0.391 bits per heavy atom. The van der Waals surface area contributed by atoms with Gasteiger partial charge < -0.3 is 18.3 Å². The lowest BCUT2D eigenvalue weighted by atomic mass is 10.1. The number of ether oxygens (including phenoxy) is 2. The van der Waals surface area contributed by atoms with Crippen LogP contribution < -0.4 is 32.0 Å². The molecule has 3 aromatic carbocycles. The molecule has 0 amide bonds. The van der Waals surface area contributed by atoms with E-state index in [-0.39, 0.29) is 36.4 Å². The first kappa shape index (κ1) is 32.1. The number of benzene rings is 3. The summed E-state index contributed by atoms with van der Waals surface area (Å²) >= 11 is 0. The summed E-state index contributed by atoms with van der Waals surface area (Å²) in [5.74, 6) is -5.49. The molecule has 0 aliphatic heterocycles. The second-order valence-electron chi connectivity index (χ2n) is 9.20. The molecule has 0 bridgehead atoms. The van der Waals surface area contributed by atoms with Gasteiger partial charge in [-0.1, -0.05) is 0 Å². The molecule has 0 spiro atoms. The van der Waals surface area contributed by atoms with Crippen LogP contribution in [0.2, 0.25) is 0 Å². The van der Waals surface area contributed by atoms with Crippen LogP contribution in [0.5, 0.6) is 23.0 Å². The first-order valence-corrected chi connectivity index (χ1v) is 11.7. The Labute approximate surface area is 241 Å². The van der Waals surface area contributed by atoms with Gasteiger partial charge in [0.05, 0.1) is 22.3 Å². The summed E-state index contributed by atoms with van der Waals surface area (Å²) in [6, 6.07) is -0.737. The summed E-state index contributed by atoms with van der Waals surface area (Å²) < 4.78 is 179. The van der Waals surface area contributed by atoms with Gasteiger partial charge in [-0.3, -0.25) is 0 Å². The van der Waals surface area contributed by atoms with Crippen molar-refractivity contribution in [2.75, 3.05) is 0 Å². The Morgan fingerprint density at radius 2 is 0.609 bits per heavy atom. The van der Waals surface area contributed by atoms with E-state index in [2.05, 4.69) is 8.83 Å². The van der Waals surface area contributed by atoms with Gasteiger partial charge in [0.25, 0.3) is 0 Å². The van der Waals surface area contributed by atoms with Crippen molar-refractivity contribution in [3.8, 4) is 23.0 Å². The van der Waals surface area contributed by atoms with Gasteiger partial charge in [-0.2, -0.15) is 52.7 Å². The molecule has 2 aromatic heterocycles. The van der Waals surface area contributed by atoms with Crippen LogP contribution >= 0.6 is 0 Å². The minimum atomic E-state index is -5.43. The van der Waals surface area contributed by atoms with Crippen molar-refractivity contribution in [3.63, 3.8) is 0 Å². The van der Waals surface area contributed by atoms with E-state index in [1.54, 1.807) is 0 Å². The van der Waals surface area contributed by atoms with Gasteiger partial charge in [-0.25, -0.2) is 19.2 Å². The fourth-order valence-electron chi connectivity index (χ4n) is 4.27. The van der Waals surface area contributed by atoms with Crippen LogP contribution in [0.3, 0.4) is 0 Å². The molecule has 0 aliphatic carbocycles. The van der Waals surface area contributed by atoms with E-state index in [0.29, 0.717) is 0 Å². The molecule has 242 valence electrons. The van der Waals surface area contributed by atoms with Crippen molar-refractivity contribution in [1.82, 2.24) is 0 Å². The highest BCUT2D eigenvalue weighted by atomic mass is 19.4. The Hall–Kier alpha value is -5.30. The predicted octanol–water partition coefficient (Wildman–Crippen LogP) is 7.16. The van der Waals surface area contributed by atoms with E-state index in [9.17, 15) is 71.9 Å². The molecule has 0 fully saturated rings. The summed E-state index contributed by atoms with van der Waals surface area (Å²) in [5, 5.41) is -5.22. The van der Waals surface area contributed by atoms with E-state index in [1.165, 1.54) is 0 Å². The summed E-state index contributed by atoms with van der Waals surface area (Å²) in [5.41, 5.74) is -15.1. The Morgan fingerprint density at radius 3 is 0.804 bits per heavy atom. The minimum Gasteiger partial charge on any atom is -0.455 e. The SMILES string of the molecule is O=c1oc(=O)c2c(Oc3cc(C(F)(F)F)cc(C(F)(F)F)c3)c3c(=O)oc(=O)c3c(Oc3cc(C(F)(F)F)cc(C(F)(F)F)c3)c12. The van der Waals surface area contributed by atoms with E-state index >= 15 is 0 Å². The normalized spacial score (nSPS) is 13.1. The average Bonchev–Trinajstić information content (AvgIpc) is 3.37. The fraction of sp³-hybridized carbons (Fsp3) is 0.154. The molecular weight excluding hydrogens is 668 g/mol. The summed E-state index contributed by atoms with van der Waals surface area (Å²) in [4.78, 5) is 50.5. The maximum Gasteiger partial charge on any atom is 0.416 e. The van der Waals surface area contributed by atoms with E-state index in [0.717, 1.165) is 0 Å². The molecule has 0 aliphatic rings. The zero-order valence-electron chi connectivity index (χ0n) is 21.3. The van der Waals surface area contributed by atoms with Crippen molar-refractivity contribution in [2.45, 2.75) is 24.7 Å². The van der Waals surface area contributed by atoms with Crippen molar-refractivity contribution in [1.29, 1.82) is 0 Å². The number of furan rings is 2. The monoisotopic (exact) mass is 674 g/mol. The van der Waals surface area contributed by atoms with Crippen LogP contribution in [-0.4, -0.2) is 0 Å². The van der Waals surface area contributed by atoms with Crippen molar-refractivity contribution in [2.24, 2.45) is 0 Å². The molecule has 0 unspecified atom stereocenters. The molecule has 0 saturated carbocycles. The number of rotatable bonds is 4. The molecule has 0 N–H and O–H groups in total. The Kier molecular flexibility index (Phi) is 7.05. The number of fused-ring (bicyclic) bond motifs is 2. The maximum atomic E-state index is 13.4. The van der Waals surface area contributed by atoms with Crippen molar-refractivity contribution in [3.05, 3.63) is 100 Å². The minimum absolute atomic E-state index is 0.0239. The van der Waals surface area contributed by atoms with Crippen LogP contribution in [0.15, 0.2) is 64.4 Å². The quantitative estimate of drug-likeness (QED) is 0.185. The Bertz CT molecular complexity index is 1940. The fourth-order valence-corrected chi connectivity index (χ4v) is 4.27. The highest BCUT2D eigenvalue weighted by Gasteiger charge is 2.40. The Balaban J connectivity index is 1.84. The molecule has 0 atom stereocenters. The second-order valence-corrected chi connectivity index (χ2v) is 9.20. The zero-order chi connectivity index (χ0) is 34.3. The number of halogens is 12. The lowest BCUT2D eigenvalue weighted by molar-refractivity contribution is -0.144. The van der Waals surface area contributed by atoms with Crippen LogP contribution in [0, 0.1) is 0 Å². The van der Waals surface area contributed by atoms with Gasteiger partial charge in [0, 0.05) is 0 Å². The molecule has 0 saturated heterocycles. The molecule has 5 rings (SSSR count). The molecule has 46 heavy (non-hydrogen) atoms. The first-order valence-electron chi connectivity index (χ1n) is 11.7. The topological polar surface area (TPSA) is 113 Å². The zero-order valence-corrected chi connectivity index (χ0v) is 21.3. The summed E-state index contributed by atoms with van der Waals surface area (Å²) in [6.45, 7) is 0. The number of alkyl halides is 12. The van der Waals surface area contributed by atoms with Crippen LogP contribution in [-0.2, 0) is 24.7 Å². The van der Waals surface area contributed by atoms with Crippen LogP contribution in [0.4, 0.5) is 52.7 Å². The molecule has 0 radical (unpaired) electrons. The van der Waals surface area contributed by atoms with Gasteiger partial charge >= 0.3 is 47.2 Å². The smallest absolute Gasteiger partial charge is 0.416 e. The molecule has 2 heterocycles. The molecule has 5 aromatic rings. The third-order valence-corrected chi connectivity index (χ3v) is 6.16. The second kappa shape index (κ2) is 10.1. The van der Waals surface area contributed by atoms with Gasteiger partial charge in [0.2, 0.25) is 0 Å². The standard InChI is InChI=1S/C26H6F12O8/c27-23(28,29)7-1-8(24(30,31)32)4-11(3-7)43-17-13-15(21(41)45-19(13)39)18(16-14(17)20(40)46-22(16)42)44-12-5-9(25(33,34)35)2-10(6-12)26(36,37)38/h1-6H. The molecule has 8 nitrogen and oxygen atoms in total. The van der Waals surface area contributed by atoms with E-state index in [1.807, 2.05) is 0 Å². The van der Waals surface area contributed by atoms with Gasteiger partial charge in [-0.15, -0.1) is 0 Å². The van der Waals surface area contributed by atoms with Crippen molar-refractivity contribution >= 4 is 21.5 Å². The summed E-state index contributed by atoms with van der Waals surface area (Å²) in [6.07, 6.45) is -21.7. The highest BCUT2D eigenvalue weighted by molar-refractivity contribution is 6.10. The van der Waals surface area contributed by atoms with E-state index < -0.39 is 114 Å². The van der Waals surface area contributed by atoms with Gasteiger partial charge in [-0.05, 0) is 36.4 Å². The maximum absolute atomic E-state index is 13.4. The average molecular weight is 674 g/mol. The third kappa shape index (κ3) is 5.65. The van der Waals surface area contributed by atoms with Crippen LogP contribution in [0.1, 0.15) is 22.3 Å². The van der Waals surface area contributed by atoms with Gasteiger partial charge in [0.15, 0.2) is 11.5 Å². The lowest BCUT2D eigenvalue weighted by Gasteiger charge is -2.16. The van der Waals surface area contributed by atoms with Gasteiger partial charge in [0.1, 0.15) is 33.0 Å². The van der Waals surface area contributed by atoms with Crippen LogP contribution in [0.25, 0.3) is 21.5 Å². The highest BCUT2D eigenvalue weighted by Crippen LogP contribution is 2.45. The van der Waals surface area contributed by atoms with E-state index in [4.69, 9.17) is 9.47 Å². The predicted molar refractivity (Wildman–Crippen MR) is 126 cm³/mol. The largest absolute Gasteiger partial charge is 0.455 e. The molecular formula is C26H6F12O8. The van der Waals surface area contributed by atoms with Crippen molar-refractivity contribution < 1.29 is 71.0 Å². The number of hydrogen-bond acceptors (Lipinski definition) is 8. The number of hydrogen-bond donors (Lipinski definition) is 0. The summed E-state index contributed by atoms with van der Waals surface area (Å²) in [7, 11) is 0. The first-order chi connectivity index (χ1) is 21.0. The third-order valence-electron chi connectivity index (χ3n) is 6.16. The lowest BCUT2D eigenvalue weighted by Crippen LogP contribution is -2.11.